The van der Waals surface area contributed by atoms with Gasteiger partial charge in [-0.25, -0.2) is 0 Å². The molecule has 0 heterocycles. The van der Waals surface area contributed by atoms with Crippen molar-refractivity contribution in [3.8, 4) is 0 Å². The van der Waals surface area contributed by atoms with Gasteiger partial charge in [0.2, 0.25) is 0 Å². The van der Waals surface area contributed by atoms with Crippen LogP contribution in [0.25, 0.3) is 0 Å². The van der Waals surface area contributed by atoms with Gasteiger partial charge in [-0.15, -0.1) is 0 Å². The maximum absolute atomic E-state index is 13.0. The highest BCUT2D eigenvalue weighted by molar-refractivity contribution is 6.06. The number of ether oxygens (including phenoxy) is 2. The number of ketones is 2. The first kappa shape index (κ1) is 22.5. The predicted octanol–water partition coefficient (Wildman–Crippen LogP) is 3.06. The number of carbonyl (C=O) groups is 4. The molecule has 1 aromatic carbocycles. The Morgan fingerprint density at radius 2 is 1.56 bits per heavy atom. The van der Waals surface area contributed by atoms with E-state index in [-0.39, 0.29) is 31.5 Å². The number of carbonyl (C=O) groups excluding carboxylic acids is 4. The summed E-state index contributed by atoms with van der Waals surface area (Å²) in [5.41, 5.74) is -1.68. The highest BCUT2D eigenvalue weighted by atomic mass is 16.6. The van der Waals surface area contributed by atoms with Crippen LogP contribution in [0.4, 0.5) is 0 Å². The molecule has 0 saturated carbocycles. The molecule has 0 spiro atoms. The van der Waals surface area contributed by atoms with Crippen molar-refractivity contribution in [2.24, 2.45) is 5.41 Å². The molecule has 1 aromatic rings. The van der Waals surface area contributed by atoms with Crippen molar-refractivity contribution in [2.75, 3.05) is 7.11 Å². The summed E-state index contributed by atoms with van der Waals surface area (Å²) in [5, 5.41) is 0. The number of esters is 2. The van der Waals surface area contributed by atoms with Crippen molar-refractivity contribution in [2.45, 2.75) is 59.0 Å². The molecule has 0 amide bonds. The van der Waals surface area contributed by atoms with Crippen molar-refractivity contribution < 1.29 is 28.7 Å². The van der Waals surface area contributed by atoms with Crippen LogP contribution in [0.1, 0.15) is 52.5 Å². The van der Waals surface area contributed by atoms with E-state index in [0.717, 1.165) is 5.56 Å². The number of Topliss-reactive ketones (excluding diaryl/α,β-unsaturated/α-hetero) is 2. The number of methoxy groups -OCH3 is 1. The molecule has 0 bridgehead atoms. The van der Waals surface area contributed by atoms with E-state index in [4.69, 9.17) is 4.74 Å². The maximum Gasteiger partial charge on any atom is 0.320 e. The Labute approximate surface area is 160 Å². The largest absolute Gasteiger partial charge is 0.469 e. The van der Waals surface area contributed by atoms with Gasteiger partial charge in [0.05, 0.1) is 13.5 Å². The predicted molar refractivity (Wildman–Crippen MR) is 100.0 cm³/mol. The number of rotatable bonds is 9. The molecule has 0 N–H and O–H groups in total. The molecular formula is C21H28O6. The average molecular weight is 376 g/mol. The lowest BCUT2D eigenvalue weighted by atomic mass is 9.73. The Morgan fingerprint density at radius 1 is 0.963 bits per heavy atom. The standard InChI is InChI=1S/C21H28O6/c1-15(22)21(19(25)27-20(2,3)4,13-16-9-7-6-8-10-16)14-17(23)11-12-18(24)26-5/h6-10H,11-14H2,1-5H3. The normalized spacial score (nSPS) is 13.4. The first-order valence-corrected chi connectivity index (χ1v) is 8.87. The molecule has 0 saturated heterocycles. The second kappa shape index (κ2) is 9.44. The van der Waals surface area contributed by atoms with Gasteiger partial charge in [-0.05, 0) is 39.7 Å². The Morgan fingerprint density at radius 3 is 2.04 bits per heavy atom. The van der Waals surface area contributed by atoms with Crippen LogP contribution in [-0.4, -0.2) is 36.2 Å². The molecule has 6 heteroatoms. The van der Waals surface area contributed by atoms with Gasteiger partial charge < -0.3 is 9.47 Å². The highest BCUT2D eigenvalue weighted by Crippen LogP contribution is 2.33. The molecule has 6 nitrogen and oxygen atoms in total. The van der Waals surface area contributed by atoms with E-state index in [2.05, 4.69) is 4.74 Å². The molecule has 0 aliphatic carbocycles. The summed E-state index contributed by atoms with van der Waals surface area (Å²) in [4.78, 5) is 49.3. The van der Waals surface area contributed by atoms with Crippen molar-refractivity contribution in [1.29, 1.82) is 0 Å². The summed E-state index contributed by atoms with van der Waals surface area (Å²) < 4.78 is 10.0. The summed E-state index contributed by atoms with van der Waals surface area (Å²) in [6.45, 7) is 6.41. The zero-order valence-corrected chi connectivity index (χ0v) is 16.7. The van der Waals surface area contributed by atoms with Crippen molar-refractivity contribution >= 4 is 23.5 Å². The van der Waals surface area contributed by atoms with Crippen LogP contribution < -0.4 is 0 Å². The second-order valence-corrected chi connectivity index (χ2v) is 7.59. The molecule has 1 unspecified atom stereocenters. The Bertz CT molecular complexity index is 686. The summed E-state index contributed by atoms with van der Waals surface area (Å²) in [7, 11) is 1.24. The SMILES string of the molecule is COC(=O)CCC(=O)CC(Cc1ccccc1)(C(C)=O)C(=O)OC(C)(C)C. The van der Waals surface area contributed by atoms with Crippen LogP contribution in [0.2, 0.25) is 0 Å². The summed E-state index contributed by atoms with van der Waals surface area (Å²) in [6.07, 6.45) is -0.451. The minimum absolute atomic E-state index is 0.0576. The van der Waals surface area contributed by atoms with Gasteiger partial charge in [0.1, 0.15) is 22.6 Å². The lowest BCUT2D eigenvalue weighted by Gasteiger charge is -2.32. The van der Waals surface area contributed by atoms with Crippen LogP contribution in [0.15, 0.2) is 30.3 Å². The van der Waals surface area contributed by atoms with Crippen LogP contribution in [-0.2, 0) is 35.1 Å². The van der Waals surface area contributed by atoms with Crippen LogP contribution in [0, 0.1) is 5.41 Å². The molecule has 0 aromatic heterocycles. The fraction of sp³-hybridized carbons (Fsp3) is 0.524. The van der Waals surface area contributed by atoms with E-state index < -0.39 is 28.7 Å². The number of hydrogen-bond donors (Lipinski definition) is 0. The fourth-order valence-electron chi connectivity index (χ4n) is 2.69. The van der Waals surface area contributed by atoms with Gasteiger partial charge in [0.25, 0.3) is 0 Å². The zero-order chi connectivity index (χ0) is 20.7. The van der Waals surface area contributed by atoms with Crippen molar-refractivity contribution in [3.05, 3.63) is 35.9 Å². The molecule has 27 heavy (non-hydrogen) atoms. The minimum Gasteiger partial charge on any atom is -0.469 e. The summed E-state index contributed by atoms with van der Waals surface area (Å²) in [6, 6.07) is 9.01. The van der Waals surface area contributed by atoms with Gasteiger partial charge >= 0.3 is 11.9 Å². The zero-order valence-electron chi connectivity index (χ0n) is 16.7. The van der Waals surface area contributed by atoms with Crippen molar-refractivity contribution in [1.82, 2.24) is 0 Å². The molecule has 0 aliphatic heterocycles. The van der Waals surface area contributed by atoms with E-state index in [1.165, 1.54) is 14.0 Å². The Balaban J connectivity index is 3.18. The first-order chi connectivity index (χ1) is 12.5. The number of benzene rings is 1. The Kier molecular flexibility index (Phi) is 7.88. The molecule has 0 aliphatic rings. The molecule has 148 valence electrons. The van der Waals surface area contributed by atoms with Crippen LogP contribution in [0.5, 0.6) is 0 Å². The van der Waals surface area contributed by atoms with Gasteiger partial charge in [0.15, 0.2) is 0 Å². The Hall–Kier alpha value is -2.50. The monoisotopic (exact) mass is 376 g/mol. The molecule has 1 rings (SSSR count). The molecule has 1 atom stereocenters. The molecular weight excluding hydrogens is 348 g/mol. The summed E-state index contributed by atoms with van der Waals surface area (Å²) >= 11 is 0. The van der Waals surface area contributed by atoms with E-state index in [0.29, 0.717) is 0 Å². The third kappa shape index (κ3) is 6.96. The number of hydrogen-bond acceptors (Lipinski definition) is 6. The average Bonchev–Trinajstić information content (AvgIpc) is 2.58. The van der Waals surface area contributed by atoms with Gasteiger partial charge in [-0.1, -0.05) is 30.3 Å². The van der Waals surface area contributed by atoms with Crippen LogP contribution in [0.3, 0.4) is 0 Å². The third-order valence-corrected chi connectivity index (χ3v) is 4.15. The molecule has 0 radical (unpaired) electrons. The van der Waals surface area contributed by atoms with E-state index in [1.54, 1.807) is 45.0 Å². The maximum atomic E-state index is 13.0. The van der Waals surface area contributed by atoms with E-state index in [9.17, 15) is 19.2 Å². The van der Waals surface area contributed by atoms with E-state index in [1.807, 2.05) is 6.07 Å². The van der Waals surface area contributed by atoms with E-state index >= 15 is 0 Å². The fourth-order valence-corrected chi connectivity index (χ4v) is 2.69. The quantitative estimate of drug-likeness (QED) is 0.486. The van der Waals surface area contributed by atoms with Gasteiger partial charge in [-0.3, -0.25) is 19.2 Å². The highest BCUT2D eigenvalue weighted by Gasteiger charge is 2.47. The van der Waals surface area contributed by atoms with Gasteiger partial charge in [0, 0.05) is 12.8 Å². The third-order valence-electron chi connectivity index (χ3n) is 4.15. The lowest BCUT2D eigenvalue weighted by molar-refractivity contribution is -0.171. The lowest BCUT2D eigenvalue weighted by Crippen LogP contribution is -2.46. The van der Waals surface area contributed by atoms with Gasteiger partial charge in [-0.2, -0.15) is 0 Å². The van der Waals surface area contributed by atoms with Crippen molar-refractivity contribution in [3.63, 3.8) is 0 Å². The first-order valence-electron chi connectivity index (χ1n) is 8.87. The topological polar surface area (TPSA) is 86.7 Å². The minimum atomic E-state index is -1.62. The van der Waals surface area contributed by atoms with Crippen LogP contribution >= 0.6 is 0 Å². The second-order valence-electron chi connectivity index (χ2n) is 7.59. The smallest absolute Gasteiger partial charge is 0.320 e. The molecule has 0 fully saturated rings. The summed E-state index contributed by atoms with van der Waals surface area (Å²) in [5.74, 6) is -2.04.